The number of likely N-dealkylation sites (N-methyl/N-ethyl adjacent to an activating group) is 1. The largest absolute Gasteiger partial charge is 0.297 e. The van der Waals surface area contributed by atoms with Crippen LogP contribution in [0.5, 0.6) is 0 Å². The summed E-state index contributed by atoms with van der Waals surface area (Å²) in [6.07, 6.45) is 0. The number of thiazole rings is 1. The second-order valence-electron chi connectivity index (χ2n) is 5.50. The minimum absolute atomic E-state index is 0.490. The maximum atomic E-state index is 4.58. The van der Waals surface area contributed by atoms with Crippen LogP contribution in [0.25, 0.3) is 0 Å². The van der Waals surface area contributed by atoms with Crippen molar-refractivity contribution < 1.29 is 0 Å². The van der Waals surface area contributed by atoms with Crippen LogP contribution in [0.4, 0.5) is 0 Å². The molecule has 0 spiro atoms. The maximum Gasteiger partial charge on any atom is 0.0897 e. The van der Waals surface area contributed by atoms with Gasteiger partial charge in [0.2, 0.25) is 0 Å². The average molecular weight is 287 g/mol. The third-order valence-electron chi connectivity index (χ3n) is 3.97. The van der Waals surface area contributed by atoms with Crippen molar-refractivity contribution in [2.45, 2.75) is 19.5 Å². The van der Waals surface area contributed by atoms with E-state index >= 15 is 0 Å². The zero-order valence-corrected chi connectivity index (χ0v) is 12.9. The van der Waals surface area contributed by atoms with Gasteiger partial charge in [-0.3, -0.25) is 9.80 Å². The van der Waals surface area contributed by atoms with Gasteiger partial charge in [0.1, 0.15) is 0 Å². The van der Waals surface area contributed by atoms with E-state index in [0.29, 0.717) is 6.04 Å². The molecule has 0 bridgehead atoms. The van der Waals surface area contributed by atoms with Crippen molar-refractivity contribution in [2.75, 3.05) is 26.7 Å². The van der Waals surface area contributed by atoms with Gasteiger partial charge in [0, 0.05) is 37.6 Å². The van der Waals surface area contributed by atoms with E-state index in [4.69, 9.17) is 0 Å². The summed E-state index contributed by atoms with van der Waals surface area (Å²) in [6.45, 7) is 6.36. The standard InChI is InChI=1S/C16H21N3S/c1-13-17-15(12-20-13)10-19-9-8-18(2)16(11-19)14-6-4-3-5-7-14/h3-7,12,16H,8-11H2,1-2H3/t16-/m0/s1. The Morgan fingerprint density at radius 3 is 2.75 bits per heavy atom. The fourth-order valence-electron chi connectivity index (χ4n) is 2.82. The lowest BCUT2D eigenvalue weighted by Crippen LogP contribution is -2.46. The number of piperazine rings is 1. The second-order valence-corrected chi connectivity index (χ2v) is 6.56. The van der Waals surface area contributed by atoms with Crippen LogP contribution in [0.3, 0.4) is 0 Å². The van der Waals surface area contributed by atoms with E-state index in [-0.39, 0.29) is 0 Å². The quantitative estimate of drug-likeness (QED) is 0.865. The fourth-order valence-corrected chi connectivity index (χ4v) is 3.42. The highest BCUT2D eigenvalue weighted by Gasteiger charge is 2.25. The van der Waals surface area contributed by atoms with E-state index < -0.39 is 0 Å². The normalized spacial score (nSPS) is 21.2. The van der Waals surface area contributed by atoms with Crippen LogP contribution in [-0.2, 0) is 6.54 Å². The molecule has 106 valence electrons. The zero-order valence-electron chi connectivity index (χ0n) is 12.1. The summed E-state index contributed by atoms with van der Waals surface area (Å²) < 4.78 is 0. The molecule has 0 unspecified atom stereocenters. The lowest BCUT2D eigenvalue weighted by atomic mass is 10.0. The van der Waals surface area contributed by atoms with Gasteiger partial charge in [-0.05, 0) is 19.5 Å². The lowest BCUT2D eigenvalue weighted by Gasteiger charge is -2.39. The van der Waals surface area contributed by atoms with Gasteiger partial charge in [-0.25, -0.2) is 4.98 Å². The molecule has 0 aliphatic carbocycles. The first-order valence-corrected chi connectivity index (χ1v) is 7.99. The van der Waals surface area contributed by atoms with E-state index in [9.17, 15) is 0 Å². The molecule has 0 saturated carbocycles. The van der Waals surface area contributed by atoms with Gasteiger partial charge in [-0.15, -0.1) is 11.3 Å². The Kier molecular flexibility index (Phi) is 4.15. The van der Waals surface area contributed by atoms with Crippen LogP contribution in [0.15, 0.2) is 35.7 Å². The second kappa shape index (κ2) is 6.04. The Morgan fingerprint density at radius 2 is 2.05 bits per heavy atom. The van der Waals surface area contributed by atoms with Crippen LogP contribution in [0, 0.1) is 6.92 Å². The summed E-state index contributed by atoms with van der Waals surface area (Å²) in [5.74, 6) is 0. The summed E-state index contributed by atoms with van der Waals surface area (Å²) >= 11 is 1.74. The van der Waals surface area contributed by atoms with Gasteiger partial charge >= 0.3 is 0 Å². The van der Waals surface area contributed by atoms with E-state index in [2.05, 4.69) is 64.5 Å². The van der Waals surface area contributed by atoms with Crippen molar-refractivity contribution in [3.8, 4) is 0 Å². The molecule has 3 rings (SSSR count). The van der Waals surface area contributed by atoms with Gasteiger partial charge in [0.05, 0.1) is 10.7 Å². The molecule has 2 heterocycles. The molecule has 2 aromatic rings. The van der Waals surface area contributed by atoms with Crippen LogP contribution in [0.1, 0.15) is 22.3 Å². The first-order valence-electron chi connectivity index (χ1n) is 7.11. The highest BCUT2D eigenvalue weighted by Crippen LogP contribution is 2.24. The zero-order chi connectivity index (χ0) is 13.9. The molecule has 0 radical (unpaired) electrons. The van der Waals surface area contributed by atoms with Crippen LogP contribution >= 0.6 is 11.3 Å². The predicted octanol–water partition coefficient (Wildman–Crippen LogP) is 2.94. The van der Waals surface area contributed by atoms with Gasteiger partial charge in [0.25, 0.3) is 0 Å². The van der Waals surface area contributed by atoms with E-state index in [0.717, 1.165) is 31.2 Å². The number of hydrogen-bond acceptors (Lipinski definition) is 4. The first-order chi connectivity index (χ1) is 9.72. The van der Waals surface area contributed by atoms with Gasteiger partial charge in [-0.1, -0.05) is 30.3 Å². The third-order valence-corrected chi connectivity index (χ3v) is 4.79. The molecule has 1 aromatic carbocycles. The van der Waals surface area contributed by atoms with E-state index in [1.807, 2.05) is 0 Å². The monoisotopic (exact) mass is 287 g/mol. The van der Waals surface area contributed by atoms with Gasteiger partial charge < -0.3 is 0 Å². The molecule has 0 N–H and O–H groups in total. The molecule has 1 fully saturated rings. The molecule has 1 aliphatic heterocycles. The maximum absolute atomic E-state index is 4.58. The molecule has 4 heteroatoms. The lowest BCUT2D eigenvalue weighted by molar-refractivity contribution is 0.0897. The summed E-state index contributed by atoms with van der Waals surface area (Å²) in [7, 11) is 2.22. The third kappa shape index (κ3) is 3.08. The van der Waals surface area contributed by atoms with Crippen molar-refractivity contribution in [3.05, 3.63) is 52.0 Å². The molecule has 0 amide bonds. The SMILES string of the molecule is Cc1nc(CN2CCN(C)[C@H](c3ccccc3)C2)cs1. The van der Waals surface area contributed by atoms with Crippen molar-refractivity contribution in [2.24, 2.45) is 0 Å². The molecular weight excluding hydrogens is 266 g/mol. The number of aryl methyl sites for hydroxylation is 1. The summed E-state index contributed by atoms with van der Waals surface area (Å²) in [5, 5.41) is 3.35. The predicted molar refractivity (Wildman–Crippen MR) is 83.9 cm³/mol. The Morgan fingerprint density at radius 1 is 1.25 bits per heavy atom. The smallest absolute Gasteiger partial charge is 0.0897 e. The molecule has 1 saturated heterocycles. The number of nitrogens with zero attached hydrogens (tertiary/aromatic N) is 3. The summed E-state index contributed by atoms with van der Waals surface area (Å²) in [6, 6.07) is 11.3. The highest BCUT2D eigenvalue weighted by molar-refractivity contribution is 7.09. The number of benzene rings is 1. The number of aromatic nitrogens is 1. The van der Waals surface area contributed by atoms with E-state index in [1.54, 1.807) is 11.3 Å². The van der Waals surface area contributed by atoms with Crippen molar-refractivity contribution in [1.29, 1.82) is 0 Å². The van der Waals surface area contributed by atoms with Crippen LogP contribution in [0.2, 0.25) is 0 Å². The molecule has 3 nitrogen and oxygen atoms in total. The molecular formula is C16H21N3S. The minimum atomic E-state index is 0.490. The Hall–Kier alpha value is -1.23. The van der Waals surface area contributed by atoms with Gasteiger partial charge in [-0.2, -0.15) is 0 Å². The Labute approximate surface area is 124 Å². The number of rotatable bonds is 3. The fraction of sp³-hybridized carbons (Fsp3) is 0.438. The molecule has 20 heavy (non-hydrogen) atoms. The van der Waals surface area contributed by atoms with E-state index in [1.165, 1.54) is 11.3 Å². The molecule has 1 atom stereocenters. The molecule has 1 aromatic heterocycles. The first kappa shape index (κ1) is 13.7. The molecule has 1 aliphatic rings. The Balaban J connectivity index is 1.70. The highest BCUT2D eigenvalue weighted by atomic mass is 32.1. The van der Waals surface area contributed by atoms with Crippen LogP contribution in [-0.4, -0.2) is 41.5 Å². The summed E-state index contributed by atoms with van der Waals surface area (Å²) in [5.41, 5.74) is 2.62. The Bertz CT molecular complexity index is 552. The van der Waals surface area contributed by atoms with Crippen molar-refractivity contribution >= 4 is 11.3 Å². The summed E-state index contributed by atoms with van der Waals surface area (Å²) in [4.78, 5) is 9.56. The van der Waals surface area contributed by atoms with Crippen molar-refractivity contribution in [1.82, 2.24) is 14.8 Å². The van der Waals surface area contributed by atoms with Gasteiger partial charge in [0.15, 0.2) is 0 Å². The average Bonchev–Trinajstić information content (AvgIpc) is 2.87. The van der Waals surface area contributed by atoms with Crippen LogP contribution < -0.4 is 0 Å². The topological polar surface area (TPSA) is 19.4 Å². The van der Waals surface area contributed by atoms with Crippen molar-refractivity contribution in [3.63, 3.8) is 0 Å². The number of hydrogen-bond donors (Lipinski definition) is 0. The minimum Gasteiger partial charge on any atom is -0.297 e.